The maximum absolute atomic E-state index is 13.2. The summed E-state index contributed by atoms with van der Waals surface area (Å²) in [6, 6.07) is 0.752. The zero-order valence-corrected chi connectivity index (χ0v) is 13.0. The molecule has 1 amide bonds. The molecule has 1 atom stereocenters. The number of nitro groups is 1. The van der Waals surface area contributed by atoms with Crippen LogP contribution in [0.15, 0.2) is 12.1 Å². The van der Waals surface area contributed by atoms with Crippen molar-refractivity contribution < 1.29 is 18.5 Å². The van der Waals surface area contributed by atoms with Crippen LogP contribution in [-0.4, -0.2) is 21.3 Å². The van der Waals surface area contributed by atoms with E-state index in [4.69, 9.17) is 0 Å². The number of nitro benzene ring substituents is 1. The van der Waals surface area contributed by atoms with Crippen molar-refractivity contribution in [1.29, 1.82) is 0 Å². The number of carbonyl (C=O) groups is 1. The highest BCUT2D eigenvalue weighted by Gasteiger charge is 2.26. The molecule has 0 heterocycles. The Morgan fingerprint density at radius 2 is 1.95 bits per heavy atom. The maximum Gasteiger partial charge on any atom is 0.285 e. The van der Waals surface area contributed by atoms with E-state index in [9.17, 15) is 23.7 Å². The minimum absolute atomic E-state index is 0.111. The van der Waals surface area contributed by atoms with Crippen molar-refractivity contribution in [2.75, 3.05) is 4.43 Å². The van der Waals surface area contributed by atoms with Gasteiger partial charge in [0.15, 0.2) is 11.6 Å². The number of rotatable bonds is 5. The monoisotopic (exact) mass is 398 g/mol. The summed E-state index contributed by atoms with van der Waals surface area (Å²) >= 11 is 2.07. The van der Waals surface area contributed by atoms with Crippen LogP contribution in [0.1, 0.15) is 24.2 Å². The van der Waals surface area contributed by atoms with Crippen LogP contribution in [0.4, 0.5) is 14.5 Å². The van der Waals surface area contributed by atoms with Gasteiger partial charge in [-0.1, -0.05) is 36.4 Å². The van der Waals surface area contributed by atoms with Crippen molar-refractivity contribution in [2.45, 2.75) is 19.9 Å². The van der Waals surface area contributed by atoms with Gasteiger partial charge in [-0.15, -0.1) is 0 Å². The van der Waals surface area contributed by atoms with Gasteiger partial charge in [0.2, 0.25) is 0 Å². The molecule has 0 saturated heterocycles. The summed E-state index contributed by atoms with van der Waals surface area (Å²) < 4.78 is 26.8. The Hall–Kier alpha value is -1.32. The third-order valence-corrected chi connectivity index (χ3v) is 3.72. The van der Waals surface area contributed by atoms with Crippen molar-refractivity contribution in [2.24, 2.45) is 5.92 Å². The Kier molecular flexibility index (Phi) is 5.78. The van der Waals surface area contributed by atoms with Gasteiger partial charge in [0.05, 0.1) is 11.0 Å². The van der Waals surface area contributed by atoms with Crippen LogP contribution in [-0.2, 0) is 0 Å². The number of alkyl halides is 1. The van der Waals surface area contributed by atoms with Gasteiger partial charge in [-0.2, -0.15) is 0 Å². The molecule has 1 rings (SSSR count). The van der Waals surface area contributed by atoms with Crippen molar-refractivity contribution in [1.82, 2.24) is 5.32 Å². The van der Waals surface area contributed by atoms with E-state index in [1.54, 1.807) is 0 Å². The van der Waals surface area contributed by atoms with E-state index in [0.29, 0.717) is 16.6 Å². The van der Waals surface area contributed by atoms with E-state index < -0.39 is 33.7 Å². The highest BCUT2D eigenvalue weighted by atomic mass is 127. The fourth-order valence-electron chi connectivity index (χ4n) is 1.50. The molecular weight excluding hydrogens is 385 g/mol. The molecule has 0 bridgehead atoms. The second-order valence-corrected chi connectivity index (χ2v) is 5.40. The van der Waals surface area contributed by atoms with Gasteiger partial charge in [-0.05, 0) is 12.0 Å². The molecule has 5 nitrogen and oxygen atoms in total. The maximum atomic E-state index is 13.2. The second kappa shape index (κ2) is 6.91. The van der Waals surface area contributed by atoms with Gasteiger partial charge >= 0.3 is 0 Å². The lowest BCUT2D eigenvalue weighted by molar-refractivity contribution is -0.385. The van der Waals surface area contributed by atoms with E-state index in [2.05, 4.69) is 27.9 Å². The Morgan fingerprint density at radius 1 is 1.40 bits per heavy atom. The van der Waals surface area contributed by atoms with Gasteiger partial charge < -0.3 is 5.32 Å². The van der Waals surface area contributed by atoms with Crippen LogP contribution in [0.3, 0.4) is 0 Å². The third-order valence-electron chi connectivity index (χ3n) is 2.77. The summed E-state index contributed by atoms with van der Waals surface area (Å²) in [7, 11) is 0. The number of benzene rings is 1. The number of nitrogens with one attached hydrogen (secondary N) is 1. The van der Waals surface area contributed by atoms with E-state index in [-0.39, 0.29) is 12.0 Å². The topological polar surface area (TPSA) is 72.2 Å². The molecule has 0 aliphatic carbocycles. The Labute approximate surface area is 128 Å². The minimum Gasteiger partial charge on any atom is -0.348 e. The first-order valence-corrected chi connectivity index (χ1v) is 7.30. The van der Waals surface area contributed by atoms with E-state index in [1.165, 1.54) is 0 Å². The van der Waals surface area contributed by atoms with Crippen LogP contribution in [0.25, 0.3) is 0 Å². The second-order valence-electron chi connectivity index (χ2n) is 4.52. The third kappa shape index (κ3) is 3.84. The molecular formula is C12H13F2IN2O3. The van der Waals surface area contributed by atoms with Crippen molar-refractivity contribution in [3.63, 3.8) is 0 Å². The van der Waals surface area contributed by atoms with Crippen LogP contribution >= 0.6 is 22.6 Å². The molecule has 0 aliphatic rings. The molecule has 110 valence electrons. The average Bonchev–Trinajstić information content (AvgIpc) is 2.37. The first kappa shape index (κ1) is 16.7. The predicted molar refractivity (Wildman–Crippen MR) is 78.0 cm³/mol. The van der Waals surface area contributed by atoms with E-state index >= 15 is 0 Å². The first-order valence-electron chi connectivity index (χ1n) is 5.78. The minimum atomic E-state index is -1.36. The summed E-state index contributed by atoms with van der Waals surface area (Å²) in [4.78, 5) is 21.9. The summed E-state index contributed by atoms with van der Waals surface area (Å²) in [6.07, 6.45) is 0. The molecule has 1 unspecified atom stereocenters. The lowest BCUT2D eigenvalue weighted by Crippen LogP contribution is -2.40. The largest absolute Gasteiger partial charge is 0.348 e. The summed E-state index contributed by atoms with van der Waals surface area (Å²) in [5, 5.41) is 13.4. The zero-order valence-electron chi connectivity index (χ0n) is 10.8. The smallest absolute Gasteiger partial charge is 0.285 e. The fraction of sp³-hybridized carbons (Fsp3) is 0.417. The van der Waals surface area contributed by atoms with Crippen LogP contribution in [0.5, 0.6) is 0 Å². The molecule has 0 aliphatic heterocycles. The van der Waals surface area contributed by atoms with Crippen LogP contribution in [0, 0.1) is 27.7 Å². The number of hydrogen-bond acceptors (Lipinski definition) is 3. The highest BCUT2D eigenvalue weighted by Crippen LogP contribution is 2.22. The van der Waals surface area contributed by atoms with E-state index in [1.807, 2.05) is 13.8 Å². The van der Waals surface area contributed by atoms with Crippen molar-refractivity contribution >= 4 is 34.2 Å². The molecule has 0 aromatic heterocycles. The van der Waals surface area contributed by atoms with Gasteiger partial charge in [0, 0.05) is 10.5 Å². The number of hydrogen-bond donors (Lipinski definition) is 1. The predicted octanol–water partition coefficient (Wildman–Crippen LogP) is 3.06. The Bertz CT molecular complexity index is 538. The molecule has 1 aromatic rings. The fourth-order valence-corrected chi connectivity index (χ4v) is 2.74. The SMILES string of the molecule is CC(C)C(CI)NC(=O)c1cc(F)c(F)cc1[N+](=O)[O-]. The molecule has 20 heavy (non-hydrogen) atoms. The summed E-state index contributed by atoms with van der Waals surface area (Å²) in [6.45, 7) is 3.76. The normalized spacial score (nSPS) is 12.3. The standard InChI is InChI=1S/C12H13F2IN2O3/c1-6(2)10(5-15)16-12(18)7-3-8(13)9(14)4-11(7)17(19)20/h3-4,6,10H,5H2,1-2H3,(H,16,18). The summed E-state index contributed by atoms with van der Waals surface area (Å²) in [5.41, 5.74) is -1.23. The lowest BCUT2D eigenvalue weighted by Gasteiger charge is -2.19. The van der Waals surface area contributed by atoms with Crippen molar-refractivity contribution in [3.05, 3.63) is 39.4 Å². The zero-order chi connectivity index (χ0) is 15.4. The van der Waals surface area contributed by atoms with Gasteiger partial charge in [0.25, 0.3) is 11.6 Å². The molecule has 0 saturated carbocycles. The number of nitrogens with zero attached hydrogens (tertiary/aromatic N) is 1. The molecule has 0 fully saturated rings. The van der Waals surface area contributed by atoms with Crippen LogP contribution in [0.2, 0.25) is 0 Å². The van der Waals surface area contributed by atoms with Gasteiger partial charge in [-0.25, -0.2) is 8.78 Å². The molecule has 0 radical (unpaired) electrons. The van der Waals surface area contributed by atoms with Crippen LogP contribution < -0.4 is 5.32 Å². The Balaban J connectivity index is 3.15. The number of amides is 1. The Morgan fingerprint density at radius 3 is 2.40 bits per heavy atom. The summed E-state index contributed by atoms with van der Waals surface area (Å²) in [5.74, 6) is -3.33. The number of carbonyl (C=O) groups excluding carboxylic acids is 1. The quantitative estimate of drug-likeness (QED) is 0.359. The van der Waals surface area contributed by atoms with Crippen molar-refractivity contribution in [3.8, 4) is 0 Å². The highest BCUT2D eigenvalue weighted by molar-refractivity contribution is 14.1. The van der Waals surface area contributed by atoms with Gasteiger partial charge in [0.1, 0.15) is 5.56 Å². The first-order chi connectivity index (χ1) is 9.27. The molecule has 1 aromatic carbocycles. The van der Waals surface area contributed by atoms with E-state index in [0.717, 1.165) is 0 Å². The average molecular weight is 398 g/mol. The molecule has 0 spiro atoms. The number of halogens is 3. The molecule has 8 heteroatoms. The molecule has 1 N–H and O–H groups in total. The van der Waals surface area contributed by atoms with Gasteiger partial charge in [-0.3, -0.25) is 14.9 Å². The lowest BCUT2D eigenvalue weighted by atomic mass is 10.1.